The van der Waals surface area contributed by atoms with Crippen LogP contribution in [0.4, 0.5) is 29.3 Å². The highest BCUT2D eigenvalue weighted by Crippen LogP contribution is 2.43. The van der Waals surface area contributed by atoms with Crippen LogP contribution in [0.25, 0.3) is 0 Å². The number of alkyl halides is 3. The van der Waals surface area contributed by atoms with Gasteiger partial charge in [0, 0.05) is 31.5 Å². The van der Waals surface area contributed by atoms with E-state index in [0.29, 0.717) is 23.7 Å². The minimum Gasteiger partial charge on any atom is -0.490 e. The molecular weight excluding hydrogens is 551 g/mol. The number of hydrogen-bond acceptors (Lipinski definition) is 6. The van der Waals surface area contributed by atoms with E-state index in [1.165, 1.54) is 19.3 Å². The molecule has 1 aromatic heterocycles. The summed E-state index contributed by atoms with van der Waals surface area (Å²) in [4.78, 5) is 30.4. The van der Waals surface area contributed by atoms with Crippen LogP contribution >= 0.6 is 11.6 Å². The lowest BCUT2D eigenvalue weighted by atomic mass is 10.1. The zero-order chi connectivity index (χ0) is 28.7. The van der Waals surface area contributed by atoms with Gasteiger partial charge in [0.2, 0.25) is 0 Å². The van der Waals surface area contributed by atoms with E-state index in [2.05, 4.69) is 25.8 Å². The summed E-state index contributed by atoms with van der Waals surface area (Å²) in [6.07, 6.45) is -1.15. The van der Waals surface area contributed by atoms with E-state index in [0.717, 1.165) is 38.1 Å². The topological polar surface area (TPSA) is 105 Å². The second-order valence-electron chi connectivity index (χ2n) is 8.86. The Kier molecular flexibility index (Phi) is 9.33. The van der Waals surface area contributed by atoms with E-state index in [1.54, 1.807) is 30.3 Å². The Morgan fingerprint density at radius 1 is 1.02 bits per heavy atom. The molecule has 0 atom stereocenters. The predicted octanol–water partition coefficient (Wildman–Crippen LogP) is 6.02. The molecule has 13 heteroatoms. The van der Waals surface area contributed by atoms with Gasteiger partial charge < -0.3 is 25.4 Å². The van der Waals surface area contributed by atoms with E-state index in [1.807, 2.05) is 0 Å². The van der Waals surface area contributed by atoms with Gasteiger partial charge in [-0.15, -0.1) is 0 Å². The third-order valence-corrected chi connectivity index (χ3v) is 6.42. The molecule has 1 aliphatic heterocycles. The number of urea groups is 1. The Labute approximate surface area is 233 Å². The molecule has 0 bridgehead atoms. The molecule has 4 rings (SSSR count). The van der Waals surface area contributed by atoms with Gasteiger partial charge >= 0.3 is 12.2 Å². The van der Waals surface area contributed by atoms with Crippen LogP contribution in [0.1, 0.15) is 28.9 Å². The molecule has 0 unspecified atom stereocenters. The number of amides is 3. The number of carbonyl (C=O) groups excluding carboxylic acids is 2. The molecule has 3 amide bonds. The number of anilines is 2. The van der Waals surface area contributed by atoms with Gasteiger partial charge in [0.15, 0.2) is 5.75 Å². The Balaban J connectivity index is 1.39. The number of rotatable bonds is 9. The van der Waals surface area contributed by atoms with Crippen molar-refractivity contribution < 1.29 is 32.2 Å². The number of benzene rings is 2. The summed E-state index contributed by atoms with van der Waals surface area (Å²) in [6.45, 7) is 2.25. The summed E-state index contributed by atoms with van der Waals surface area (Å²) in [5.74, 6) is -0.0581. The molecule has 0 radical (unpaired) electrons. The molecule has 1 fully saturated rings. The van der Waals surface area contributed by atoms with Crippen LogP contribution < -0.4 is 25.4 Å². The highest BCUT2D eigenvalue weighted by Gasteiger charge is 2.36. The van der Waals surface area contributed by atoms with Crippen LogP contribution in [0.15, 0.2) is 54.7 Å². The molecule has 0 saturated carbocycles. The Morgan fingerprint density at radius 3 is 2.42 bits per heavy atom. The van der Waals surface area contributed by atoms with Crippen LogP contribution in [-0.4, -0.2) is 55.1 Å². The maximum Gasteiger partial charge on any atom is 0.420 e. The summed E-state index contributed by atoms with van der Waals surface area (Å²) in [5.41, 5.74) is -0.474. The van der Waals surface area contributed by atoms with Crippen molar-refractivity contribution in [3.63, 3.8) is 0 Å². The van der Waals surface area contributed by atoms with Crippen LogP contribution in [0, 0.1) is 0 Å². The average molecular weight is 578 g/mol. The standard InChI is InChI=1S/C27H27ClF3N5O4/c1-32-25(37)22-16-19(10-11-33-22)40-18-6-4-17(5-7-18)34-26(38)35-21-9-8-20(27(29,30)31)24(23(21)28)39-15-14-36-12-2-3-13-36/h4-11,16H,2-3,12-15H2,1H3,(H,32,37)(H2,34,35,38). The summed E-state index contributed by atoms with van der Waals surface area (Å²) in [6, 6.07) is 10.6. The molecule has 2 aromatic carbocycles. The Bertz CT molecular complexity index is 1350. The van der Waals surface area contributed by atoms with Crippen molar-refractivity contribution in [2.45, 2.75) is 19.0 Å². The molecule has 0 spiro atoms. The van der Waals surface area contributed by atoms with E-state index in [4.69, 9.17) is 21.1 Å². The minimum absolute atomic E-state index is 0.0273. The molecule has 1 saturated heterocycles. The molecule has 0 aliphatic carbocycles. The lowest BCUT2D eigenvalue weighted by molar-refractivity contribution is -0.138. The first kappa shape index (κ1) is 29.0. The van der Waals surface area contributed by atoms with Crippen LogP contribution in [0.5, 0.6) is 17.2 Å². The quantitative estimate of drug-likeness (QED) is 0.287. The molecule has 40 heavy (non-hydrogen) atoms. The Morgan fingerprint density at radius 2 is 1.75 bits per heavy atom. The van der Waals surface area contributed by atoms with Crippen molar-refractivity contribution in [3.05, 3.63) is 71.0 Å². The first-order valence-electron chi connectivity index (χ1n) is 12.4. The van der Waals surface area contributed by atoms with E-state index in [9.17, 15) is 22.8 Å². The van der Waals surface area contributed by atoms with Gasteiger partial charge in [0.25, 0.3) is 5.91 Å². The zero-order valence-corrected chi connectivity index (χ0v) is 22.2. The second-order valence-corrected chi connectivity index (χ2v) is 9.24. The van der Waals surface area contributed by atoms with Gasteiger partial charge in [-0.2, -0.15) is 13.2 Å². The van der Waals surface area contributed by atoms with Crippen molar-refractivity contribution >= 4 is 34.9 Å². The molecule has 1 aliphatic rings. The predicted molar refractivity (Wildman–Crippen MR) is 144 cm³/mol. The molecule has 3 aromatic rings. The number of carbonyl (C=O) groups is 2. The molecule has 212 valence electrons. The van der Waals surface area contributed by atoms with Gasteiger partial charge in [0.05, 0.1) is 11.3 Å². The number of hydrogen-bond donors (Lipinski definition) is 3. The average Bonchev–Trinajstić information content (AvgIpc) is 3.44. The van der Waals surface area contributed by atoms with Crippen molar-refractivity contribution in [1.82, 2.24) is 15.2 Å². The van der Waals surface area contributed by atoms with Crippen molar-refractivity contribution in [2.24, 2.45) is 0 Å². The van der Waals surface area contributed by atoms with Crippen LogP contribution in [-0.2, 0) is 6.18 Å². The van der Waals surface area contributed by atoms with Gasteiger partial charge in [-0.25, -0.2) is 4.79 Å². The SMILES string of the molecule is CNC(=O)c1cc(Oc2ccc(NC(=O)Nc3ccc(C(F)(F)F)c(OCCN4CCCC4)c3Cl)cc2)ccn1. The first-order chi connectivity index (χ1) is 19.1. The fourth-order valence-corrected chi connectivity index (χ4v) is 4.32. The van der Waals surface area contributed by atoms with Gasteiger partial charge in [-0.3, -0.25) is 14.7 Å². The number of ether oxygens (including phenoxy) is 2. The number of pyridine rings is 1. The minimum atomic E-state index is -4.68. The summed E-state index contributed by atoms with van der Waals surface area (Å²) in [5, 5.41) is 7.19. The molecular formula is C27H27ClF3N5O4. The normalized spacial score (nSPS) is 13.5. The largest absolute Gasteiger partial charge is 0.490 e. The van der Waals surface area contributed by atoms with E-state index < -0.39 is 23.5 Å². The summed E-state index contributed by atoms with van der Waals surface area (Å²) in [7, 11) is 1.49. The van der Waals surface area contributed by atoms with Gasteiger partial charge in [-0.1, -0.05) is 11.6 Å². The van der Waals surface area contributed by atoms with Gasteiger partial charge in [0.1, 0.15) is 28.8 Å². The number of halogens is 4. The van der Waals surface area contributed by atoms with Crippen LogP contribution in [0.3, 0.4) is 0 Å². The molecule has 2 heterocycles. The number of aromatic nitrogens is 1. The van der Waals surface area contributed by atoms with Crippen LogP contribution in [0.2, 0.25) is 5.02 Å². The lowest BCUT2D eigenvalue weighted by Crippen LogP contribution is -2.25. The third-order valence-electron chi connectivity index (χ3n) is 6.04. The van der Waals surface area contributed by atoms with Crippen molar-refractivity contribution in [2.75, 3.05) is 43.9 Å². The highest BCUT2D eigenvalue weighted by molar-refractivity contribution is 6.35. The fraction of sp³-hybridized carbons (Fsp3) is 0.296. The number of nitrogens with zero attached hydrogens (tertiary/aromatic N) is 2. The van der Waals surface area contributed by atoms with Crippen molar-refractivity contribution in [3.8, 4) is 17.2 Å². The lowest BCUT2D eigenvalue weighted by Gasteiger charge is -2.20. The van der Waals surface area contributed by atoms with Gasteiger partial charge in [-0.05, 0) is 68.4 Å². The fourth-order valence-electron chi connectivity index (χ4n) is 4.05. The smallest absolute Gasteiger partial charge is 0.420 e. The summed E-state index contributed by atoms with van der Waals surface area (Å²) >= 11 is 6.27. The number of likely N-dealkylation sites (tertiary alicyclic amines) is 1. The second kappa shape index (κ2) is 12.9. The third kappa shape index (κ3) is 7.54. The maximum atomic E-state index is 13.6. The van der Waals surface area contributed by atoms with E-state index >= 15 is 0 Å². The number of nitrogens with one attached hydrogen (secondary N) is 3. The maximum absolute atomic E-state index is 13.6. The Hall–Kier alpha value is -4.03. The highest BCUT2D eigenvalue weighted by atomic mass is 35.5. The molecule has 9 nitrogen and oxygen atoms in total. The van der Waals surface area contributed by atoms with E-state index in [-0.39, 0.29) is 28.9 Å². The summed E-state index contributed by atoms with van der Waals surface area (Å²) < 4.78 is 52.0. The molecule has 3 N–H and O–H groups in total. The monoisotopic (exact) mass is 577 g/mol. The zero-order valence-electron chi connectivity index (χ0n) is 21.5. The van der Waals surface area contributed by atoms with Crippen molar-refractivity contribution in [1.29, 1.82) is 0 Å². The first-order valence-corrected chi connectivity index (χ1v) is 12.8.